The Bertz CT molecular complexity index is 1020. The Morgan fingerprint density at radius 2 is 2.12 bits per heavy atom. The number of aromatic nitrogens is 1. The Morgan fingerprint density at radius 1 is 1.29 bits per heavy atom. The molecular weight excluding hydrogens is 340 g/mol. The minimum Gasteiger partial charge on any atom is -0.493 e. The van der Waals surface area contributed by atoms with E-state index in [4.69, 9.17) is 16.6 Å². The number of furan rings is 1. The van der Waals surface area contributed by atoms with Crippen molar-refractivity contribution in [2.75, 3.05) is 0 Å². The van der Waals surface area contributed by atoms with E-state index in [1.54, 1.807) is 10.8 Å². The molecule has 0 spiro atoms. The molecule has 1 aliphatic heterocycles. The van der Waals surface area contributed by atoms with Gasteiger partial charge in [-0.25, -0.2) is 0 Å². The standard InChI is InChI=1S/C18H14N2O2S2/c1-11-14(13-6-2-3-7-15(13)19-11)9-16-17(21)20(18(23)24-16)10-12-5-4-8-22-12/h2-9,21H,10H2,1H3/b14-9+. The summed E-state index contributed by atoms with van der Waals surface area (Å²) in [6.45, 7) is 2.39. The van der Waals surface area contributed by atoms with Crippen molar-refractivity contribution in [3.05, 3.63) is 62.8 Å². The van der Waals surface area contributed by atoms with Crippen molar-refractivity contribution < 1.29 is 9.52 Å². The van der Waals surface area contributed by atoms with E-state index in [1.807, 2.05) is 49.4 Å². The maximum Gasteiger partial charge on any atom is 0.211 e. The zero-order chi connectivity index (χ0) is 16.7. The molecule has 0 bridgehead atoms. The molecule has 0 fully saturated rings. The summed E-state index contributed by atoms with van der Waals surface area (Å²) in [6.07, 6.45) is 3.57. The molecule has 3 heterocycles. The van der Waals surface area contributed by atoms with Crippen molar-refractivity contribution >= 4 is 46.6 Å². The van der Waals surface area contributed by atoms with Crippen LogP contribution in [0.25, 0.3) is 11.6 Å². The van der Waals surface area contributed by atoms with Crippen LogP contribution in [0.2, 0.25) is 0 Å². The Morgan fingerprint density at radius 3 is 2.92 bits per heavy atom. The molecule has 1 N–H and O–H groups in total. The fraction of sp³-hybridized carbons (Fsp3) is 0.111. The number of aromatic hydroxyl groups is 1. The summed E-state index contributed by atoms with van der Waals surface area (Å²) in [7, 11) is 0. The summed E-state index contributed by atoms with van der Waals surface area (Å²) in [5.41, 5.74) is 3.99. The topological polar surface area (TPSA) is 50.7 Å². The van der Waals surface area contributed by atoms with Gasteiger partial charge >= 0.3 is 0 Å². The number of hydrogen-bond donors (Lipinski definition) is 1. The molecule has 120 valence electrons. The zero-order valence-electron chi connectivity index (χ0n) is 12.9. The van der Waals surface area contributed by atoms with Crippen LogP contribution < -0.4 is 0 Å². The summed E-state index contributed by atoms with van der Waals surface area (Å²) in [4.78, 5) is 5.30. The molecule has 3 aromatic rings. The van der Waals surface area contributed by atoms with E-state index in [0.717, 1.165) is 33.2 Å². The minimum absolute atomic E-state index is 0.158. The third-order valence-electron chi connectivity index (χ3n) is 3.94. The van der Waals surface area contributed by atoms with Crippen LogP contribution in [-0.4, -0.2) is 15.4 Å². The van der Waals surface area contributed by atoms with Crippen molar-refractivity contribution in [2.24, 2.45) is 4.99 Å². The van der Waals surface area contributed by atoms with Gasteiger partial charge in [-0.1, -0.05) is 18.2 Å². The molecule has 0 amide bonds. The maximum atomic E-state index is 10.6. The second-order valence-corrected chi connectivity index (χ2v) is 7.17. The number of thiazole rings is 1. The average Bonchev–Trinajstić information content (AvgIpc) is 3.25. The monoisotopic (exact) mass is 354 g/mol. The fourth-order valence-corrected chi connectivity index (χ4v) is 4.00. The molecule has 6 heteroatoms. The first-order chi connectivity index (χ1) is 11.6. The third-order valence-corrected chi connectivity index (χ3v) is 5.32. The molecule has 0 saturated heterocycles. The van der Waals surface area contributed by atoms with Crippen LogP contribution in [0, 0.1) is 3.95 Å². The molecule has 0 saturated carbocycles. The molecule has 2 aromatic heterocycles. The minimum atomic E-state index is 0.158. The maximum absolute atomic E-state index is 10.6. The van der Waals surface area contributed by atoms with Gasteiger partial charge < -0.3 is 9.52 Å². The number of hydrogen-bond acceptors (Lipinski definition) is 5. The lowest BCUT2D eigenvalue weighted by Gasteiger charge is -2.03. The first-order valence-electron chi connectivity index (χ1n) is 7.45. The number of para-hydroxylation sites is 1. The number of nitrogens with zero attached hydrogens (tertiary/aromatic N) is 2. The molecule has 0 atom stereocenters. The summed E-state index contributed by atoms with van der Waals surface area (Å²) in [6, 6.07) is 11.7. The van der Waals surface area contributed by atoms with Crippen molar-refractivity contribution in [3.63, 3.8) is 0 Å². The van der Waals surface area contributed by atoms with Crippen molar-refractivity contribution in [1.29, 1.82) is 0 Å². The van der Waals surface area contributed by atoms with Crippen molar-refractivity contribution in [3.8, 4) is 5.88 Å². The number of benzene rings is 1. The fourth-order valence-electron chi connectivity index (χ4n) is 2.75. The van der Waals surface area contributed by atoms with E-state index >= 15 is 0 Å². The van der Waals surface area contributed by atoms with Gasteiger partial charge in [-0.05, 0) is 43.4 Å². The highest BCUT2D eigenvalue weighted by Gasteiger charge is 2.19. The lowest BCUT2D eigenvalue weighted by atomic mass is 10.0. The van der Waals surface area contributed by atoms with Crippen LogP contribution in [0.15, 0.2) is 52.1 Å². The molecule has 1 aromatic carbocycles. The lowest BCUT2D eigenvalue weighted by molar-refractivity contribution is 0.407. The molecule has 0 aliphatic carbocycles. The molecule has 4 nitrogen and oxygen atoms in total. The van der Waals surface area contributed by atoms with Crippen LogP contribution in [0.1, 0.15) is 23.1 Å². The predicted molar refractivity (Wildman–Crippen MR) is 99.7 cm³/mol. The molecule has 1 aliphatic rings. The van der Waals surface area contributed by atoms with E-state index in [-0.39, 0.29) is 5.88 Å². The van der Waals surface area contributed by atoms with Gasteiger partial charge in [0.15, 0.2) is 3.95 Å². The number of aliphatic imine (C=N–C) groups is 1. The van der Waals surface area contributed by atoms with Crippen molar-refractivity contribution in [2.45, 2.75) is 13.5 Å². The SMILES string of the molecule is CC1=Nc2ccccc2/C1=C/c1sc(=S)n(Cc2ccco2)c1O. The number of rotatable bonds is 3. The molecule has 24 heavy (non-hydrogen) atoms. The van der Waals surface area contributed by atoms with Crippen LogP contribution in [-0.2, 0) is 6.54 Å². The molecule has 4 rings (SSSR count). The number of fused-ring (bicyclic) bond motifs is 1. The quantitative estimate of drug-likeness (QED) is 0.652. The van der Waals surface area contributed by atoms with E-state index in [9.17, 15) is 5.11 Å². The Hall–Kier alpha value is -2.44. The van der Waals surface area contributed by atoms with Crippen LogP contribution in [0.5, 0.6) is 5.88 Å². The highest BCUT2D eigenvalue weighted by Crippen LogP contribution is 2.38. The Kier molecular flexibility index (Phi) is 3.70. The normalized spacial score (nSPS) is 14.9. The van der Waals surface area contributed by atoms with Gasteiger partial charge in [-0.15, -0.1) is 11.3 Å². The van der Waals surface area contributed by atoms with Gasteiger partial charge in [0.1, 0.15) is 5.76 Å². The highest BCUT2D eigenvalue weighted by molar-refractivity contribution is 7.73. The zero-order valence-corrected chi connectivity index (χ0v) is 14.5. The predicted octanol–water partition coefficient (Wildman–Crippen LogP) is 5.27. The second-order valence-electron chi connectivity index (χ2n) is 5.49. The average molecular weight is 354 g/mol. The van der Waals surface area contributed by atoms with Crippen LogP contribution in [0.4, 0.5) is 5.69 Å². The third kappa shape index (κ3) is 2.53. The largest absolute Gasteiger partial charge is 0.493 e. The van der Waals surface area contributed by atoms with Crippen molar-refractivity contribution in [1.82, 2.24) is 4.57 Å². The van der Waals surface area contributed by atoms with Gasteiger partial charge in [-0.2, -0.15) is 0 Å². The van der Waals surface area contributed by atoms with Gasteiger partial charge in [0.25, 0.3) is 0 Å². The summed E-state index contributed by atoms with van der Waals surface area (Å²) < 4.78 is 7.63. The van der Waals surface area contributed by atoms with Gasteiger partial charge in [0, 0.05) is 16.8 Å². The smallest absolute Gasteiger partial charge is 0.211 e. The first kappa shape index (κ1) is 15.1. The van der Waals surface area contributed by atoms with Gasteiger partial charge in [-0.3, -0.25) is 9.56 Å². The van der Waals surface area contributed by atoms with Gasteiger partial charge in [0.05, 0.1) is 23.4 Å². The molecule has 0 unspecified atom stereocenters. The second kappa shape index (κ2) is 5.89. The highest BCUT2D eigenvalue weighted by atomic mass is 32.1. The van der Waals surface area contributed by atoms with E-state index in [0.29, 0.717) is 10.5 Å². The summed E-state index contributed by atoms with van der Waals surface area (Å²) in [5.74, 6) is 0.911. The molecular formula is C18H14N2O2S2. The summed E-state index contributed by atoms with van der Waals surface area (Å²) >= 11 is 6.78. The van der Waals surface area contributed by atoms with E-state index < -0.39 is 0 Å². The lowest BCUT2D eigenvalue weighted by Crippen LogP contribution is -1.97. The number of allylic oxidation sites excluding steroid dienone is 1. The van der Waals surface area contributed by atoms with E-state index in [2.05, 4.69) is 4.99 Å². The molecule has 0 radical (unpaired) electrons. The Balaban J connectivity index is 1.76. The van der Waals surface area contributed by atoms with Crippen LogP contribution >= 0.6 is 23.6 Å². The first-order valence-corrected chi connectivity index (χ1v) is 8.67. The van der Waals surface area contributed by atoms with Gasteiger partial charge in [0.2, 0.25) is 5.88 Å². The summed E-state index contributed by atoms with van der Waals surface area (Å²) in [5, 5.41) is 10.6. The van der Waals surface area contributed by atoms with Crippen LogP contribution in [0.3, 0.4) is 0 Å². The van der Waals surface area contributed by atoms with E-state index in [1.165, 1.54) is 11.3 Å². The Labute approximate surface area is 148 Å².